The second-order valence-electron chi connectivity index (χ2n) is 7.01. The van der Waals surface area contributed by atoms with Crippen molar-refractivity contribution < 1.29 is 14.3 Å². The summed E-state index contributed by atoms with van der Waals surface area (Å²) >= 11 is 0. The normalized spacial score (nSPS) is 14.8. The molecule has 2 aromatic rings. The number of benzene rings is 1. The monoisotopic (exact) mass is 384 g/mol. The number of hydrogen-bond donors (Lipinski definition) is 2. The van der Waals surface area contributed by atoms with E-state index in [1.165, 1.54) is 25.7 Å². The van der Waals surface area contributed by atoms with Crippen molar-refractivity contribution in [3.05, 3.63) is 41.6 Å². The van der Waals surface area contributed by atoms with Crippen LogP contribution in [0.25, 0.3) is 0 Å². The van der Waals surface area contributed by atoms with Crippen LogP contribution in [-0.4, -0.2) is 36.4 Å². The molecule has 1 fully saturated rings. The van der Waals surface area contributed by atoms with Crippen LogP contribution in [0.1, 0.15) is 54.6 Å². The first-order valence-corrected chi connectivity index (χ1v) is 9.79. The third kappa shape index (κ3) is 5.34. The van der Waals surface area contributed by atoms with E-state index in [2.05, 4.69) is 20.8 Å². The first kappa shape index (κ1) is 19.9. The molecule has 0 atom stereocenters. The SMILES string of the molecule is COc1ccc(CNC(=O)c2ccc(NC3CCCCCC3)nn2)cc1OC. The molecule has 1 aliphatic carbocycles. The summed E-state index contributed by atoms with van der Waals surface area (Å²) in [4.78, 5) is 12.4. The predicted octanol–water partition coefficient (Wildman–Crippen LogP) is 3.56. The summed E-state index contributed by atoms with van der Waals surface area (Å²) in [5.41, 5.74) is 1.21. The van der Waals surface area contributed by atoms with Gasteiger partial charge in [-0.2, -0.15) is 0 Å². The summed E-state index contributed by atoms with van der Waals surface area (Å²) in [5, 5.41) is 14.5. The quantitative estimate of drug-likeness (QED) is 0.710. The van der Waals surface area contributed by atoms with E-state index in [1.807, 2.05) is 24.3 Å². The fraction of sp³-hybridized carbons (Fsp3) is 0.476. The van der Waals surface area contributed by atoms with E-state index >= 15 is 0 Å². The molecule has 3 rings (SSSR count). The smallest absolute Gasteiger partial charge is 0.272 e. The zero-order valence-corrected chi connectivity index (χ0v) is 16.5. The van der Waals surface area contributed by atoms with E-state index in [-0.39, 0.29) is 5.91 Å². The molecule has 1 amide bonds. The Labute approximate surface area is 165 Å². The minimum atomic E-state index is -0.261. The van der Waals surface area contributed by atoms with Crippen LogP contribution in [0.2, 0.25) is 0 Å². The third-order valence-corrected chi connectivity index (χ3v) is 5.01. The van der Waals surface area contributed by atoms with Gasteiger partial charge in [-0.3, -0.25) is 4.79 Å². The van der Waals surface area contributed by atoms with Crippen LogP contribution in [0.5, 0.6) is 11.5 Å². The highest BCUT2D eigenvalue weighted by Crippen LogP contribution is 2.27. The molecule has 1 heterocycles. The Morgan fingerprint density at radius 2 is 1.75 bits per heavy atom. The maximum Gasteiger partial charge on any atom is 0.272 e. The number of rotatable bonds is 7. The number of hydrogen-bond acceptors (Lipinski definition) is 6. The van der Waals surface area contributed by atoms with Crippen molar-refractivity contribution in [2.45, 2.75) is 51.1 Å². The Morgan fingerprint density at radius 3 is 2.39 bits per heavy atom. The number of methoxy groups -OCH3 is 2. The largest absolute Gasteiger partial charge is 0.493 e. The average Bonchev–Trinajstić information content (AvgIpc) is 3.01. The maximum absolute atomic E-state index is 12.4. The molecule has 7 nitrogen and oxygen atoms in total. The molecule has 150 valence electrons. The van der Waals surface area contributed by atoms with Crippen LogP contribution in [0, 0.1) is 0 Å². The zero-order chi connectivity index (χ0) is 19.8. The summed E-state index contributed by atoms with van der Waals surface area (Å²) in [6, 6.07) is 9.51. The standard InChI is InChI=1S/C21H28N4O3/c1-27-18-11-9-15(13-19(18)28-2)14-22-21(26)17-10-12-20(25-24-17)23-16-7-5-3-4-6-8-16/h9-13,16H,3-8,14H2,1-2H3,(H,22,26)(H,23,25). The van der Waals surface area contributed by atoms with Gasteiger partial charge in [-0.15, -0.1) is 10.2 Å². The molecule has 0 unspecified atom stereocenters. The van der Waals surface area contributed by atoms with Gasteiger partial charge in [0, 0.05) is 12.6 Å². The summed E-state index contributed by atoms with van der Waals surface area (Å²) in [5.74, 6) is 1.75. The molecule has 1 aliphatic rings. The van der Waals surface area contributed by atoms with Crippen LogP contribution in [-0.2, 0) is 6.54 Å². The van der Waals surface area contributed by atoms with Crippen molar-refractivity contribution in [3.8, 4) is 11.5 Å². The van der Waals surface area contributed by atoms with Gasteiger partial charge in [-0.1, -0.05) is 31.7 Å². The topological polar surface area (TPSA) is 85.4 Å². The molecule has 0 bridgehead atoms. The molecule has 1 aromatic carbocycles. The van der Waals surface area contributed by atoms with E-state index in [1.54, 1.807) is 20.3 Å². The van der Waals surface area contributed by atoms with Gasteiger partial charge in [0.15, 0.2) is 17.2 Å². The van der Waals surface area contributed by atoms with Gasteiger partial charge >= 0.3 is 0 Å². The second-order valence-corrected chi connectivity index (χ2v) is 7.01. The van der Waals surface area contributed by atoms with Crippen molar-refractivity contribution in [3.63, 3.8) is 0 Å². The molecular formula is C21H28N4O3. The number of nitrogens with zero attached hydrogens (tertiary/aromatic N) is 2. The maximum atomic E-state index is 12.4. The number of carbonyl (C=O) groups is 1. The van der Waals surface area contributed by atoms with Gasteiger partial charge < -0.3 is 20.1 Å². The summed E-state index contributed by atoms with van der Waals surface area (Å²) < 4.78 is 10.5. The van der Waals surface area contributed by atoms with Crippen molar-refractivity contribution in [2.75, 3.05) is 19.5 Å². The first-order chi connectivity index (χ1) is 13.7. The van der Waals surface area contributed by atoms with Gasteiger partial charge in [-0.05, 0) is 42.7 Å². The van der Waals surface area contributed by atoms with Crippen LogP contribution in [0.3, 0.4) is 0 Å². The molecule has 28 heavy (non-hydrogen) atoms. The number of nitrogens with one attached hydrogen (secondary N) is 2. The Hall–Kier alpha value is -2.83. The van der Waals surface area contributed by atoms with Gasteiger partial charge in [0.05, 0.1) is 14.2 Å². The van der Waals surface area contributed by atoms with Crippen molar-refractivity contribution in [1.29, 1.82) is 0 Å². The van der Waals surface area contributed by atoms with Gasteiger partial charge in [0.1, 0.15) is 5.82 Å². The number of amides is 1. The minimum Gasteiger partial charge on any atom is -0.493 e. The first-order valence-electron chi connectivity index (χ1n) is 9.79. The van der Waals surface area contributed by atoms with Gasteiger partial charge in [0.2, 0.25) is 0 Å². The Balaban J connectivity index is 1.54. The molecule has 1 aromatic heterocycles. The lowest BCUT2D eigenvalue weighted by Gasteiger charge is -2.16. The van der Waals surface area contributed by atoms with E-state index < -0.39 is 0 Å². The number of carbonyl (C=O) groups excluding carboxylic acids is 1. The Morgan fingerprint density at radius 1 is 1.00 bits per heavy atom. The fourth-order valence-electron chi connectivity index (χ4n) is 3.43. The highest BCUT2D eigenvalue weighted by Gasteiger charge is 2.14. The van der Waals surface area contributed by atoms with Crippen molar-refractivity contribution in [2.24, 2.45) is 0 Å². The van der Waals surface area contributed by atoms with E-state index in [9.17, 15) is 4.79 Å². The molecule has 1 saturated carbocycles. The number of anilines is 1. The molecule has 0 spiro atoms. The summed E-state index contributed by atoms with van der Waals surface area (Å²) in [6.07, 6.45) is 7.44. The summed E-state index contributed by atoms with van der Waals surface area (Å²) in [6.45, 7) is 0.364. The lowest BCUT2D eigenvalue weighted by Crippen LogP contribution is -2.25. The van der Waals surface area contributed by atoms with Gasteiger partial charge in [-0.25, -0.2) is 0 Å². The third-order valence-electron chi connectivity index (χ3n) is 5.01. The minimum absolute atomic E-state index is 0.261. The number of ether oxygens (including phenoxy) is 2. The van der Waals surface area contributed by atoms with Crippen LogP contribution in [0.15, 0.2) is 30.3 Å². The van der Waals surface area contributed by atoms with Crippen molar-refractivity contribution >= 4 is 11.7 Å². The highest BCUT2D eigenvalue weighted by molar-refractivity contribution is 5.92. The van der Waals surface area contributed by atoms with E-state index in [4.69, 9.17) is 9.47 Å². The Bertz CT molecular complexity index is 772. The van der Waals surface area contributed by atoms with Crippen LogP contribution in [0.4, 0.5) is 5.82 Å². The van der Waals surface area contributed by atoms with E-state index in [0.29, 0.717) is 29.8 Å². The average molecular weight is 384 g/mol. The second kappa shape index (κ2) is 9.92. The molecule has 0 saturated heterocycles. The van der Waals surface area contributed by atoms with E-state index in [0.717, 1.165) is 24.2 Å². The highest BCUT2D eigenvalue weighted by atomic mass is 16.5. The lowest BCUT2D eigenvalue weighted by atomic mass is 10.1. The lowest BCUT2D eigenvalue weighted by molar-refractivity contribution is 0.0945. The number of aromatic nitrogens is 2. The van der Waals surface area contributed by atoms with Crippen LogP contribution >= 0.6 is 0 Å². The molecular weight excluding hydrogens is 356 g/mol. The zero-order valence-electron chi connectivity index (χ0n) is 16.5. The summed E-state index contributed by atoms with van der Waals surface area (Å²) in [7, 11) is 3.17. The van der Waals surface area contributed by atoms with Gasteiger partial charge in [0.25, 0.3) is 5.91 Å². The Kier molecular flexibility index (Phi) is 7.06. The molecule has 7 heteroatoms. The predicted molar refractivity (Wildman–Crippen MR) is 108 cm³/mol. The molecule has 0 aliphatic heterocycles. The van der Waals surface area contributed by atoms with Crippen molar-refractivity contribution in [1.82, 2.24) is 15.5 Å². The molecule has 2 N–H and O–H groups in total. The molecule has 0 radical (unpaired) electrons. The van der Waals surface area contributed by atoms with Crippen LogP contribution < -0.4 is 20.1 Å². The fourth-order valence-corrected chi connectivity index (χ4v) is 3.43.